The average Bonchev–Trinajstić information content (AvgIpc) is 3.27. The van der Waals surface area contributed by atoms with Crippen molar-refractivity contribution < 1.29 is 58.4 Å². The molecule has 3 aliphatic rings. The number of amides is 2. The van der Waals surface area contributed by atoms with Gasteiger partial charge in [0, 0.05) is 56.3 Å². The molecule has 2 aromatic carbocycles. The van der Waals surface area contributed by atoms with E-state index in [2.05, 4.69) is 24.6 Å². The van der Waals surface area contributed by atoms with Crippen LogP contribution >= 0.6 is 0 Å². The van der Waals surface area contributed by atoms with Crippen LogP contribution in [0, 0.1) is 27.9 Å². The van der Waals surface area contributed by atoms with Gasteiger partial charge in [-0.05, 0) is 92.3 Å². The summed E-state index contributed by atoms with van der Waals surface area (Å²) in [6.45, 7) is 9.87. The van der Waals surface area contributed by atoms with Crippen molar-refractivity contribution in [1.82, 2.24) is 10.2 Å². The number of fused-ring (bicyclic) bond motifs is 2. The number of hydrogen-bond donors (Lipinski definition) is 4. The van der Waals surface area contributed by atoms with Crippen molar-refractivity contribution in [3.05, 3.63) is 101 Å². The first-order valence-electron chi connectivity index (χ1n) is 21.8. The van der Waals surface area contributed by atoms with E-state index in [0.717, 1.165) is 17.6 Å². The van der Waals surface area contributed by atoms with E-state index >= 15 is 0 Å². The smallest absolute Gasteiger partial charge is 0.412 e. The second kappa shape index (κ2) is 24.5. The van der Waals surface area contributed by atoms with Crippen LogP contribution in [0.2, 0.25) is 0 Å². The summed E-state index contributed by atoms with van der Waals surface area (Å²) in [6, 6.07) is 10.3. The number of benzene rings is 2. The molecule has 1 heterocycles. The topological polar surface area (TPSA) is 221 Å². The summed E-state index contributed by atoms with van der Waals surface area (Å²) in [5, 5.41) is 48.1. The van der Waals surface area contributed by atoms with Crippen LogP contribution in [0.15, 0.2) is 84.6 Å². The number of nitro groups is 1. The molecule has 1 saturated carbocycles. The van der Waals surface area contributed by atoms with Crippen molar-refractivity contribution in [3.63, 3.8) is 0 Å². The van der Waals surface area contributed by atoms with Crippen molar-refractivity contribution in [2.24, 2.45) is 22.9 Å². The molecule has 2 aromatic rings. The van der Waals surface area contributed by atoms with Crippen LogP contribution in [0.3, 0.4) is 0 Å². The summed E-state index contributed by atoms with van der Waals surface area (Å²) in [6.07, 6.45) is 8.63. The van der Waals surface area contributed by atoms with E-state index in [-0.39, 0.29) is 83.3 Å². The number of allylic oxidation sites excluding steroid dienone is 1. The minimum atomic E-state index is -1.60. The second-order valence-electron chi connectivity index (χ2n) is 15.6. The van der Waals surface area contributed by atoms with Gasteiger partial charge in [-0.2, -0.15) is 0 Å². The van der Waals surface area contributed by atoms with Gasteiger partial charge in [-0.3, -0.25) is 15.0 Å². The fourth-order valence-corrected chi connectivity index (χ4v) is 8.91. The maximum Gasteiger partial charge on any atom is 0.412 e. The third-order valence-electron chi connectivity index (χ3n) is 11.6. The number of non-ortho nitro benzene ring substituents is 1. The van der Waals surface area contributed by atoms with Crippen LogP contribution in [-0.2, 0) is 25.7 Å². The number of unbranched alkanes of at least 4 members (excludes halogenated alkanes) is 2. The van der Waals surface area contributed by atoms with E-state index in [4.69, 9.17) is 33.7 Å². The molecule has 1 aliphatic heterocycles. The lowest BCUT2D eigenvalue weighted by atomic mass is 9.55. The Morgan fingerprint density at radius 2 is 1.78 bits per heavy atom. The van der Waals surface area contributed by atoms with Crippen molar-refractivity contribution in [2.45, 2.75) is 82.6 Å². The van der Waals surface area contributed by atoms with Crippen molar-refractivity contribution in [3.8, 4) is 11.5 Å². The molecule has 0 radical (unpaired) electrons. The predicted octanol–water partition coefficient (Wildman–Crippen LogP) is 6.56. The number of carbonyl (C=O) groups excluding carboxylic acids is 2. The number of oxime groups is 1. The average molecular weight is 879 g/mol. The van der Waals surface area contributed by atoms with Gasteiger partial charge >= 0.3 is 12.2 Å². The number of nitrogens with one attached hydrogen (secondary N) is 1. The molecule has 6 atom stereocenters. The van der Waals surface area contributed by atoms with E-state index in [9.17, 15) is 35.0 Å². The molecule has 0 spiro atoms. The molecule has 17 heteroatoms. The number of nitro benzene ring substituents is 1. The number of carbonyl (C=O) groups is 2. The summed E-state index contributed by atoms with van der Waals surface area (Å²) in [4.78, 5) is 45.6. The van der Waals surface area contributed by atoms with Gasteiger partial charge in [0.25, 0.3) is 5.69 Å². The number of nitrogens with zero attached hydrogens (tertiary/aromatic N) is 3. The monoisotopic (exact) mass is 878 g/mol. The van der Waals surface area contributed by atoms with Gasteiger partial charge < -0.3 is 49.2 Å². The minimum absolute atomic E-state index is 0.0138. The fraction of sp³-hybridized carbons (Fsp3) is 0.543. The molecular weight excluding hydrogens is 817 g/mol. The zero-order valence-corrected chi connectivity index (χ0v) is 36.1. The molecule has 4 N–H and O–H groups in total. The van der Waals surface area contributed by atoms with Crippen molar-refractivity contribution in [1.29, 1.82) is 0 Å². The molecule has 1 fully saturated rings. The highest BCUT2D eigenvalue weighted by Gasteiger charge is 2.65. The van der Waals surface area contributed by atoms with Crippen LogP contribution < -0.4 is 14.8 Å². The van der Waals surface area contributed by atoms with E-state index in [1.165, 1.54) is 17.0 Å². The lowest BCUT2D eigenvalue weighted by Gasteiger charge is -2.59. The van der Waals surface area contributed by atoms with Crippen LogP contribution in [0.5, 0.6) is 11.5 Å². The molecule has 344 valence electrons. The first kappa shape index (κ1) is 48.7. The van der Waals surface area contributed by atoms with Crippen LogP contribution in [0.1, 0.15) is 75.3 Å². The number of ether oxygens (including phenoxy) is 5. The molecule has 0 aromatic heterocycles. The number of hydrogen-bond acceptors (Lipinski definition) is 14. The van der Waals surface area contributed by atoms with Crippen molar-refractivity contribution in [2.75, 3.05) is 59.3 Å². The molecule has 0 saturated heterocycles. The fourth-order valence-electron chi connectivity index (χ4n) is 8.91. The Kier molecular flexibility index (Phi) is 18.9. The molecular formula is C46H62N4O13. The molecule has 5 rings (SSSR count). The molecule has 2 amide bonds. The first-order chi connectivity index (χ1) is 30.7. The molecule has 2 aliphatic carbocycles. The Hall–Kier alpha value is -5.33. The van der Waals surface area contributed by atoms with Crippen LogP contribution in [0.4, 0.5) is 15.3 Å². The summed E-state index contributed by atoms with van der Waals surface area (Å²) < 4.78 is 31.4. The Balaban J connectivity index is 1.76. The van der Waals surface area contributed by atoms with E-state index < -0.39 is 40.8 Å². The molecule has 6 unspecified atom stereocenters. The lowest BCUT2D eigenvalue weighted by molar-refractivity contribution is -0.384. The Bertz CT molecular complexity index is 1910. The van der Waals surface area contributed by atoms with Gasteiger partial charge in [0.05, 0.1) is 49.6 Å². The van der Waals surface area contributed by atoms with Crippen LogP contribution in [-0.4, -0.2) is 114 Å². The summed E-state index contributed by atoms with van der Waals surface area (Å²) in [5.74, 6) is -2.07. The van der Waals surface area contributed by atoms with Gasteiger partial charge in [-0.15, -0.1) is 13.2 Å². The normalized spacial score (nSPS) is 22.7. The predicted molar refractivity (Wildman–Crippen MR) is 233 cm³/mol. The van der Waals surface area contributed by atoms with Crippen molar-refractivity contribution >= 4 is 23.6 Å². The highest BCUT2D eigenvalue weighted by atomic mass is 16.7. The third kappa shape index (κ3) is 12.2. The largest absolute Gasteiger partial charge is 0.459 e. The highest BCUT2D eigenvalue weighted by Crippen LogP contribution is 2.62. The number of rotatable bonds is 26. The number of aliphatic hydroxyl groups is 3. The quantitative estimate of drug-likeness (QED) is 0.0341. The van der Waals surface area contributed by atoms with Gasteiger partial charge in [-0.25, -0.2) is 9.59 Å². The van der Waals surface area contributed by atoms with Crippen LogP contribution in [0.25, 0.3) is 0 Å². The summed E-state index contributed by atoms with van der Waals surface area (Å²) in [5.41, 5.74) is 2.62. The standard InChI is InChI=1S/C46H62N4O13/c1-4-7-25-59-45(55)49(20-26-58-27-23-53)41-30-39(48-61-31-32-14-16-34(17-15-32)50(56)57)37-28-33(12-8-10-21-51)36(13-9-11-22-52)42-38-29-35(62-44(54)47-6-3)18-19-40(38)63-46(41,43(37)42)60-24-5-2/h4-5,14-19,28-29,33,36,41-43,51-53H,1-2,6-13,20-27,30-31H2,3H3,(H,47,54). The minimum Gasteiger partial charge on any atom is -0.459 e. The lowest BCUT2D eigenvalue weighted by Crippen LogP contribution is -2.70. The maximum atomic E-state index is 14.4. The maximum absolute atomic E-state index is 14.4. The second-order valence-corrected chi connectivity index (χ2v) is 15.6. The Morgan fingerprint density at radius 3 is 2.46 bits per heavy atom. The zero-order chi connectivity index (χ0) is 45.2. The van der Waals surface area contributed by atoms with E-state index in [1.54, 1.807) is 43.3 Å². The van der Waals surface area contributed by atoms with Gasteiger partial charge in [0.2, 0.25) is 5.79 Å². The third-order valence-corrected chi connectivity index (χ3v) is 11.6. The zero-order valence-electron chi connectivity index (χ0n) is 36.1. The Morgan fingerprint density at radius 1 is 1.02 bits per heavy atom. The molecule has 0 bridgehead atoms. The van der Waals surface area contributed by atoms with Gasteiger partial charge in [-0.1, -0.05) is 36.2 Å². The SMILES string of the molecule is C=CCCOC(=O)N(CCOCCO)C1CC(=NOCc2ccc([N+](=O)[O-])cc2)C2=CC(CCCCO)C(CCCCO)C3c4cc(OC(=O)NCC)ccc4OC1(OCC=C)C23. The molecule has 17 nitrogen and oxygen atoms in total. The van der Waals surface area contributed by atoms with E-state index in [0.29, 0.717) is 67.8 Å². The summed E-state index contributed by atoms with van der Waals surface area (Å²) >= 11 is 0. The van der Waals surface area contributed by atoms with Gasteiger partial charge in [0.1, 0.15) is 24.1 Å². The first-order valence-corrected chi connectivity index (χ1v) is 21.8. The Labute approximate surface area is 368 Å². The van der Waals surface area contributed by atoms with Gasteiger partial charge in [0.15, 0.2) is 0 Å². The summed E-state index contributed by atoms with van der Waals surface area (Å²) in [7, 11) is 0. The van der Waals surface area contributed by atoms with E-state index in [1.807, 2.05) is 6.07 Å². The highest BCUT2D eigenvalue weighted by molar-refractivity contribution is 6.03. The number of aliphatic hydroxyl groups excluding tert-OH is 3. The molecule has 63 heavy (non-hydrogen) atoms.